The first kappa shape index (κ1) is 12.8. The Morgan fingerprint density at radius 1 is 1.39 bits per heavy atom. The molecule has 0 radical (unpaired) electrons. The maximum atomic E-state index is 5.53. The Labute approximate surface area is 109 Å². The highest BCUT2D eigenvalue weighted by Gasteiger charge is 2.14. The average Bonchev–Trinajstić information content (AvgIpc) is 2.68. The van der Waals surface area contributed by atoms with Crippen LogP contribution in [0.2, 0.25) is 0 Å². The number of hydrazine groups is 1. The highest BCUT2D eigenvalue weighted by atomic mass is 32.2. The van der Waals surface area contributed by atoms with Crippen molar-refractivity contribution in [2.75, 3.05) is 5.43 Å². The van der Waals surface area contributed by atoms with Crippen molar-refractivity contribution in [3.05, 3.63) is 23.3 Å². The second kappa shape index (κ2) is 5.36. The molecule has 2 aromatic rings. The number of rotatable bonds is 4. The van der Waals surface area contributed by atoms with E-state index in [1.807, 2.05) is 20.8 Å². The molecule has 0 atom stereocenters. The second-order valence-electron chi connectivity index (χ2n) is 3.73. The van der Waals surface area contributed by atoms with Gasteiger partial charge in [0, 0.05) is 5.56 Å². The van der Waals surface area contributed by atoms with E-state index < -0.39 is 0 Å². The first-order chi connectivity index (χ1) is 8.65. The van der Waals surface area contributed by atoms with Gasteiger partial charge in [0.2, 0.25) is 0 Å². The maximum Gasteiger partial charge on any atom is 0.262 e. The van der Waals surface area contributed by atoms with E-state index in [1.165, 1.54) is 18.1 Å². The number of hydrogen-bond donors (Lipinski definition) is 2. The highest BCUT2D eigenvalue weighted by Crippen LogP contribution is 2.31. The van der Waals surface area contributed by atoms with Crippen LogP contribution in [-0.4, -0.2) is 15.0 Å². The summed E-state index contributed by atoms with van der Waals surface area (Å²) in [6.07, 6.45) is 2.25. The molecule has 6 nitrogen and oxygen atoms in total. The largest absolute Gasteiger partial charge is 0.436 e. The van der Waals surface area contributed by atoms with E-state index in [4.69, 9.17) is 10.3 Å². The number of nitrogens with one attached hydrogen (secondary N) is 1. The van der Waals surface area contributed by atoms with Crippen LogP contribution in [0.25, 0.3) is 0 Å². The van der Waals surface area contributed by atoms with Crippen LogP contribution in [-0.2, 0) is 6.42 Å². The molecular weight excluding hydrogens is 250 g/mol. The van der Waals surface area contributed by atoms with Crippen LogP contribution in [0, 0.1) is 13.8 Å². The molecular formula is C11H15N5OS. The molecule has 0 aromatic carbocycles. The van der Waals surface area contributed by atoms with Gasteiger partial charge in [0.25, 0.3) is 5.22 Å². The predicted octanol–water partition coefficient (Wildman–Crippen LogP) is 2.08. The van der Waals surface area contributed by atoms with Crippen LogP contribution < -0.4 is 11.3 Å². The number of nitrogens with two attached hydrogens (primary N) is 1. The minimum Gasteiger partial charge on any atom is -0.436 e. The molecule has 0 fully saturated rings. The Kier molecular flexibility index (Phi) is 3.83. The summed E-state index contributed by atoms with van der Waals surface area (Å²) in [5, 5.41) is 1.39. The zero-order valence-corrected chi connectivity index (χ0v) is 11.3. The van der Waals surface area contributed by atoms with Crippen LogP contribution in [0.3, 0.4) is 0 Å². The molecule has 3 N–H and O–H groups in total. The van der Waals surface area contributed by atoms with Gasteiger partial charge in [-0.05, 0) is 32.0 Å². The summed E-state index contributed by atoms with van der Waals surface area (Å²) in [4.78, 5) is 12.7. The minimum atomic E-state index is 0.585. The van der Waals surface area contributed by atoms with Crippen molar-refractivity contribution in [2.24, 2.45) is 5.84 Å². The second-order valence-corrected chi connectivity index (χ2v) is 4.67. The van der Waals surface area contributed by atoms with E-state index in [9.17, 15) is 0 Å². The standard InChI is InChI=1S/C11H15N5OS/c1-4-8-9(16-12)13-5-14-10(8)18-11-15-6(2)7(3)17-11/h5H,4,12H2,1-3H3,(H,13,14,16). The summed E-state index contributed by atoms with van der Waals surface area (Å²) in [6.45, 7) is 5.83. The van der Waals surface area contributed by atoms with Crippen LogP contribution in [0.5, 0.6) is 0 Å². The molecule has 0 saturated heterocycles. The van der Waals surface area contributed by atoms with E-state index in [0.717, 1.165) is 28.5 Å². The first-order valence-corrected chi connectivity index (χ1v) is 6.39. The minimum absolute atomic E-state index is 0.585. The fourth-order valence-corrected chi connectivity index (χ4v) is 2.48. The average molecular weight is 265 g/mol. The predicted molar refractivity (Wildman–Crippen MR) is 69.3 cm³/mol. The lowest BCUT2D eigenvalue weighted by Gasteiger charge is -2.08. The third-order valence-corrected chi connectivity index (χ3v) is 3.48. The molecule has 0 saturated carbocycles. The molecule has 18 heavy (non-hydrogen) atoms. The molecule has 7 heteroatoms. The molecule has 0 aliphatic carbocycles. The molecule has 0 spiro atoms. The van der Waals surface area contributed by atoms with Crippen molar-refractivity contribution in [3.8, 4) is 0 Å². The van der Waals surface area contributed by atoms with E-state index in [0.29, 0.717) is 11.0 Å². The van der Waals surface area contributed by atoms with Gasteiger partial charge in [0.15, 0.2) is 0 Å². The van der Waals surface area contributed by atoms with Crippen LogP contribution in [0.15, 0.2) is 21.0 Å². The zero-order valence-electron chi connectivity index (χ0n) is 10.5. The SMILES string of the molecule is CCc1c(NN)ncnc1Sc1nc(C)c(C)o1. The van der Waals surface area contributed by atoms with E-state index in [2.05, 4.69) is 20.4 Å². The molecule has 0 unspecified atom stereocenters. The van der Waals surface area contributed by atoms with Gasteiger partial charge in [0.05, 0.1) is 5.69 Å². The number of anilines is 1. The van der Waals surface area contributed by atoms with Gasteiger partial charge in [0.1, 0.15) is 22.9 Å². The summed E-state index contributed by atoms with van der Waals surface area (Å²) in [6, 6.07) is 0. The number of aromatic nitrogens is 3. The quantitative estimate of drug-likeness (QED) is 0.497. The van der Waals surface area contributed by atoms with E-state index in [1.54, 1.807) is 0 Å². The molecule has 0 aliphatic rings. The van der Waals surface area contributed by atoms with E-state index >= 15 is 0 Å². The van der Waals surface area contributed by atoms with E-state index in [-0.39, 0.29) is 0 Å². The molecule has 2 rings (SSSR count). The van der Waals surface area contributed by atoms with Crippen LogP contribution in [0.4, 0.5) is 5.82 Å². The Hall–Kier alpha value is -1.60. The summed E-state index contributed by atoms with van der Waals surface area (Å²) < 4.78 is 5.53. The first-order valence-electron chi connectivity index (χ1n) is 5.58. The van der Waals surface area contributed by atoms with Gasteiger partial charge >= 0.3 is 0 Å². The Bertz CT molecular complexity index is 535. The lowest BCUT2D eigenvalue weighted by molar-refractivity contribution is 0.431. The van der Waals surface area contributed by atoms with Crippen molar-refractivity contribution in [1.82, 2.24) is 15.0 Å². The maximum absolute atomic E-state index is 5.53. The fraction of sp³-hybridized carbons (Fsp3) is 0.364. The van der Waals surface area contributed by atoms with Crippen molar-refractivity contribution in [3.63, 3.8) is 0 Å². The van der Waals surface area contributed by atoms with Crippen molar-refractivity contribution in [1.29, 1.82) is 0 Å². The highest BCUT2D eigenvalue weighted by molar-refractivity contribution is 7.99. The summed E-state index contributed by atoms with van der Waals surface area (Å²) in [5.74, 6) is 6.88. The monoisotopic (exact) mass is 265 g/mol. The topological polar surface area (TPSA) is 89.9 Å². The number of nitrogens with zero attached hydrogens (tertiary/aromatic N) is 3. The fourth-order valence-electron chi connectivity index (χ4n) is 1.50. The zero-order chi connectivity index (χ0) is 13.1. The van der Waals surface area contributed by atoms with Crippen LogP contribution in [0.1, 0.15) is 23.9 Å². The third kappa shape index (κ3) is 2.46. The van der Waals surface area contributed by atoms with Crippen molar-refractivity contribution >= 4 is 17.6 Å². The number of oxazole rings is 1. The Morgan fingerprint density at radius 2 is 2.17 bits per heavy atom. The van der Waals surface area contributed by atoms with Gasteiger partial charge in [-0.25, -0.2) is 20.8 Å². The molecule has 96 valence electrons. The lowest BCUT2D eigenvalue weighted by Crippen LogP contribution is -2.12. The summed E-state index contributed by atoms with van der Waals surface area (Å²) in [5.41, 5.74) is 4.42. The third-order valence-electron chi connectivity index (χ3n) is 2.59. The molecule has 0 aliphatic heterocycles. The van der Waals surface area contributed by atoms with Crippen molar-refractivity contribution in [2.45, 2.75) is 37.4 Å². The van der Waals surface area contributed by atoms with Crippen molar-refractivity contribution < 1.29 is 4.42 Å². The van der Waals surface area contributed by atoms with Crippen LogP contribution >= 0.6 is 11.8 Å². The number of nitrogen functional groups attached to an aromatic ring is 1. The van der Waals surface area contributed by atoms with Gasteiger partial charge in [-0.2, -0.15) is 0 Å². The number of hydrogen-bond acceptors (Lipinski definition) is 7. The smallest absolute Gasteiger partial charge is 0.262 e. The van der Waals surface area contributed by atoms with Gasteiger partial charge in [-0.1, -0.05) is 6.92 Å². The molecule has 2 aromatic heterocycles. The molecule has 0 bridgehead atoms. The summed E-state index contributed by atoms with van der Waals surface area (Å²) >= 11 is 1.38. The number of aryl methyl sites for hydroxylation is 2. The lowest BCUT2D eigenvalue weighted by atomic mass is 10.2. The summed E-state index contributed by atoms with van der Waals surface area (Å²) in [7, 11) is 0. The van der Waals surface area contributed by atoms with Gasteiger partial charge in [-0.3, -0.25) is 0 Å². The Balaban J connectivity index is 2.33. The van der Waals surface area contributed by atoms with Gasteiger partial charge < -0.3 is 9.84 Å². The van der Waals surface area contributed by atoms with Gasteiger partial charge in [-0.15, -0.1) is 0 Å². The Morgan fingerprint density at radius 3 is 2.72 bits per heavy atom. The molecule has 2 heterocycles. The normalized spacial score (nSPS) is 10.7. The molecule has 0 amide bonds.